The third kappa shape index (κ3) is 3.47. The van der Waals surface area contributed by atoms with Crippen molar-refractivity contribution in [1.82, 2.24) is 15.1 Å². The number of hydrogen-bond acceptors (Lipinski definition) is 3. The zero-order valence-electron chi connectivity index (χ0n) is 9.41. The van der Waals surface area contributed by atoms with E-state index in [-0.39, 0.29) is 11.4 Å². The molecule has 0 saturated heterocycles. The Kier molecular flexibility index (Phi) is 3.94. The lowest BCUT2D eigenvalue weighted by Crippen LogP contribution is -2.23. The number of primary amides is 1. The standard InChI is InChI=1S/C9H11F3N4O2/c1-14-8(18)6-4-5(7(13)17)15-16(6)3-2-9(10,11)12/h4H,2-3H2,1H3,(H2,13,17)(H,14,18). The zero-order chi connectivity index (χ0) is 13.9. The molecule has 0 spiro atoms. The van der Waals surface area contributed by atoms with Gasteiger partial charge in [0.05, 0.1) is 13.0 Å². The number of nitrogens with one attached hydrogen (secondary N) is 1. The predicted octanol–water partition coefficient (Wildman–Crippen LogP) is 0.294. The summed E-state index contributed by atoms with van der Waals surface area (Å²) in [6.45, 7) is -0.556. The van der Waals surface area contributed by atoms with E-state index in [0.717, 1.165) is 10.7 Å². The number of amides is 2. The second kappa shape index (κ2) is 5.07. The molecule has 0 aliphatic carbocycles. The van der Waals surface area contributed by atoms with Crippen LogP contribution in [0.4, 0.5) is 13.2 Å². The first-order valence-corrected chi connectivity index (χ1v) is 4.91. The lowest BCUT2D eigenvalue weighted by molar-refractivity contribution is -0.137. The van der Waals surface area contributed by atoms with Crippen LogP contribution in [0.1, 0.15) is 27.4 Å². The molecule has 100 valence electrons. The first-order chi connectivity index (χ1) is 8.24. The highest BCUT2D eigenvalue weighted by Gasteiger charge is 2.28. The SMILES string of the molecule is CNC(=O)c1cc(C(N)=O)nn1CCC(F)(F)F. The first-order valence-electron chi connectivity index (χ1n) is 4.91. The van der Waals surface area contributed by atoms with Gasteiger partial charge in [-0.1, -0.05) is 0 Å². The lowest BCUT2D eigenvalue weighted by Gasteiger charge is -2.08. The fraction of sp³-hybridized carbons (Fsp3) is 0.444. The van der Waals surface area contributed by atoms with Crippen LogP contribution in [0.25, 0.3) is 0 Å². The molecule has 0 aromatic carbocycles. The Morgan fingerprint density at radius 3 is 2.56 bits per heavy atom. The van der Waals surface area contributed by atoms with Crippen LogP contribution in [-0.4, -0.2) is 34.8 Å². The Hall–Kier alpha value is -2.06. The van der Waals surface area contributed by atoms with Gasteiger partial charge in [-0.05, 0) is 0 Å². The van der Waals surface area contributed by atoms with Gasteiger partial charge in [-0.2, -0.15) is 18.3 Å². The van der Waals surface area contributed by atoms with Crippen LogP contribution in [0.3, 0.4) is 0 Å². The minimum absolute atomic E-state index is 0.143. The minimum Gasteiger partial charge on any atom is -0.364 e. The number of halogens is 3. The largest absolute Gasteiger partial charge is 0.390 e. The summed E-state index contributed by atoms with van der Waals surface area (Å²) >= 11 is 0. The summed E-state index contributed by atoms with van der Waals surface area (Å²) in [5, 5.41) is 5.80. The van der Waals surface area contributed by atoms with Gasteiger partial charge in [-0.25, -0.2) is 0 Å². The summed E-state index contributed by atoms with van der Waals surface area (Å²) in [7, 11) is 1.31. The monoisotopic (exact) mass is 264 g/mol. The molecule has 3 N–H and O–H groups in total. The summed E-state index contributed by atoms with van der Waals surface area (Å²) in [4.78, 5) is 22.3. The van der Waals surface area contributed by atoms with Gasteiger partial charge in [-0.3, -0.25) is 14.3 Å². The van der Waals surface area contributed by atoms with E-state index in [1.807, 2.05) is 0 Å². The maximum absolute atomic E-state index is 12.1. The third-order valence-electron chi connectivity index (χ3n) is 2.10. The van der Waals surface area contributed by atoms with E-state index < -0.39 is 31.0 Å². The second-order valence-corrected chi connectivity index (χ2v) is 3.45. The fourth-order valence-corrected chi connectivity index (χ4v) is 1.25. The number of carbonyl (C=O) groups is 2. The molecule has 1 aromatic heterocycles. The number of nitrogens with two attached hydrogens (primary N) is 1. The molecule has 0 unspecified atom stereocenters. The van der Waals surface area contributed by atoms with E-state index >= 15 is 0 Å². The quantitative estimate of drug-likeness (QED) is 0.819. The zero-order valence-corrected chi connectivity index (χ0v) is 9.41. The Balaban J connectivity index is 3.00. The minimum atomic E-state index is -4.38. The number of aromatic nitrogens is 2. The highest BCUT2D eigenvalue weighted by Crippen LogP contribution is 2.20. The average Bonchev–Trinajstić information content (AvgIpc) is 2.68. The number of alkyl halides is 3. The Bertz CT molecular complexity index is 467. The van der Waals surface area contributed by atoms with Crippen molar-refractivity contribution in [3.05, 3.63) is 17.5 Å². The van der Waals surface area contributed by atoms with Crippen molar-refractivity contribution in [3.63, 3.8) is 0 Å². The van der Waals surface area contributed by atoms with E-state index in [1.54, 1.807) is 0 Å². The molecule has 2 amide bonds. The molecule has 0 atom stereocenters. The highest BCUT2D eigenvalue weighted by molar-refractivity contribution is 5.97. The van der Waals surface area contributed by atoms with Gasteiger partial charge in [0.1, 0.15) is 5.69 Å². The molecule has 0 aliphatic heterocycles. The van der Waals surface area contributed by atoms with Gasteiger partial charge >= 0.3 is 6.18 Å². The fourth-order valence-electron chi connectivity index (χ4n) is 1.25. The molecule has 18 heavy (non-hydrogen) atoms. The van der Waals surface area contributed by atoms with Crippen LogP contribution in [0, 0.1) is 0 Å². The van der Waals surface area contributed by atoms with Crippen molar-refractivity contribution >= 4 is 11.8 Å². The molecule has 0 saturated carbocycles. The third-order valence-corrected chi connectivity index (χ3v) is 2.10. The summed E-state index contributed by atoms with van der Waals surface area (Å²) < 4.78 is 37.1. The molecule has 9 heteroatoms. The summed E-state index contributed by atoms with van der Waals surface area (Å²) in [6, 6.07) is 1.05. The highest BCUT2D eigenvalue weighted by atomic mass is 19.4. The van der Waals surface area contributed by atoms with Gasteiger partial charge in [0.2, 0.25) is 0 Å². The van der Waals surface area contributed by atoms with E-state index in [0.29, 0.717) is 0 Å². The van der Waals surface area contributed by atoms with Crippen molar-refractivity contribution in [2.45, 2.75) is 19.1 Å². The van der Waals surface area contributed by atoms with E-state index in [4.69, 9.17) is 5.73 Å². The van der Waals surface area contributed by atoms with Gasteiger partial charge in [0, 0.05) is 13.1 Å². The van der Waals surface area contributed by atoms with E-state index in [9.17, 15) is 22.8 Å². The molecule has 1 aromatic rings. The number of carbonyl (C=O) groups excluding carboxylic acids is 2. The van der Waals surface area contributed by atoms with Crippen molar-refractivity contribution in [3.8, 4) is 0 Å². The molecule has 0 radical (unpaired) electrons. The molecular formula is C9H11F3N4O2. The van der Waals surface area contributed by atoms with Crippen LogP contribution < -0.4 is 11.1 Å². The first kappa shape index (κ1) is 14.0. The molecule has 1 rings (SSSR count). The van der Waals surface area contributed by atoms with Crippen LogP contribution >= 0.6 is 0 Å². The van der Waals surface area contributed by atoms with Gasteiger partial charge in [0.15, 0.2) is 5.69 Å². The second-order valence-electron chi connectivity index (χ2n) is 3.45. The van der Waals surface area contributed by atoms with E-state index in [2.05, 4.69) is 10.4 Å². The van der Waals surface area contributed by atoms with Crippen molar-refractivity contribution in [2.75, 3.05) is 7.05 Å². The van der Waals surface area contributed by atoms with Crippen molar-refractivity contribution in [2.24, 2.45) is 5.73 Å². The Morgan fingerprint density at radius 1 is 1.50 bits per heavy atom. The molecule has 6 nitrogen and oxygen atoms in total. The van der Waals surface area contributed by atoms with Crippen LogP contribution in [0.15, 0.2) is 6.07 Å². The Labute approximate surface area is 99.9 Å². The van der Waals surface area contributed by atoms with Gasteiger partial charge in [-0.15, -0.1) is 0 Å². The summed E-state index contributed by atoms with van der Waals surface area (Å²) in [6.07, 6.45) is -5.53. The summed E-state index contributed by atoms with van der Waals surface area (Å²) in [5.41, 5.74) is 4.55. The Morgan fingerprint density at radius 2 is 2.11 bits per heavy atom. The van der Waals surface area contributed by atoms with Gasteiger partial charge in [0.25, 0.3) is 11.8 Å². The van der Waals surface area contributed by atoms with Crippen molar-refractivity contribution in [1.29, 1.82) is 0 Å². The van der Waals surface area contributed by atoms with Crippen LogP contribution in [0.2, 0.25) is 0 Å². The maximum Gasteiger partial charge on any atom is 0.390 e. The van der Waals surface area contributed by atoms with E-state index in [1.165, 1.54) is 7.05 Å². The number of rotatable bonds is 4. The molecular weight excluding hydrogens is 253 g/mol. The molecule has 0 bridgehead atoms. The molecule has 1 heterocycles. The predicted molar refractivity (Wildman–Crippen MR) is 54.8 cm³/mol. The van der Waals surface area contributed by atoms with Crippen LogP contribution in [-0.2, 0) is 6.54 Å². The number of aryl methyl sites for hydroxylation is 1. The number of hydrogen-bond donors (Lipinski definition) is 2. The topological polar surface area (TPSA) is 90.0 Å². The van der Waals surface area contributed by atoms with Gasteiger partial charge < -0.3 is 11.1 Å². The average molecular weight is 264 g/mol. The van der Waals surface area contributed by atoms with Crippen molar-refractivity contribution < 1.29 is 22.8 Å². The van der Waals surface area contributed by atoms with Crippen LogP contribution in [0.5, 0.6) is 0 Å². The lowest BCUT2D eigenvalue weighted by atomic mass is 10.3. The maximum atomic E-state index is 12.1. The summed E-state index contributed by atoms with van der Waals surface area (Å²) in [5.74, 6) is -1.55. The molecule has 0 aliphatic rings. The normalized spacial score (nSPS) is 11.3. The molecule has 0 fully saturated rings. The number of nitrogens with zero attached hydrogens (tertiary/aromatic N) is 2. The smallest absolute Gasteiger partial charge is 0.364 e.